The Hall–Kier alpha value is -2.03. The standard InChI is InChI=1S/C19H23NO2/c1-19(2,3)17(13-8-5-4-6-9-13)20-18(21)15-12-14(15)16-10-7-11-22-16/h4-11,14-15,17H,12H2,1-3H3,(H,20,21). The van der Waals surface area contributed by atoms with Gasteiger partial charge >= 0.3 is 0 Å². The summed E-state index contributed by atoms with van der Waals surface area (Å²) >= 11 is 0. The number of hydrogen-bond acceptors (Lipinski definition) is 2. The van der Waals surface area contributed by atoms with E-state index in [-0.39, 0.29) is 29.2 Å². The van der Waals surface area contributed by atoms with Crippen LogP contribution in [0.1, 0.15) is 50.5 Å². The monoisotopic (exact) mass is 297 g/mol. The van der Waals surface area contributed by atoms with Crippen LogP contribution in [-0.4, -0.2) is 5.91 Å². The first-order valence-corrected chi connectivity index (χ1v) is 7.85. The van der Waals surface area contributed by atoms with Gasteiger partial charge in [0.2, 0.25) is 5.91 Å². The van der Waals surface area contributed by atoms with Gasteiger partial charge in [0.25, 0.3) is 0 Å². The van der Waals surface area contributed by atoms with E-state index in [0.29, 0.717) is 0 Å². The van der Waals surface area contributed by atoms with Crippen molar-refractivity contribution in [1.29, 1.82) is 0 Å². The van der Waals surface area contributed by atoms with Crippen LogP contribution in [0.5, 0.6) is 0 Å². The second-order valence-electron chi connectivity index (χ2n) is 7.18. The van der Waals surface area contributed by atoms with Crippen LogP contribution >= 0.6 is 0 Å². The molecule has 1 heterocycles. The smallest absolute Gasteiger partial charge is 0.224 e. The zero-order valence-electron chi connectivity index (χ0n) is 13.4. The van der Waals surface area contributed by atoms with E-state index in [1.165, 1.54) is 0 Å². The Kier molecular flexibility index (Phi) is 3.81. The van der Waals surface area contributed by atoms with E-state index < -0.39 is 0 Å². The minimum Gasteiger partial charge on any atom is -0.469 e. The summed E-state index contributed by atoms with van der Waals surface area (Å²) in [5.74, 6) is 1.34. The predicted molar refractivity (Wildman–Crippen MR) is 86.3 cm³/mol. The summed E-state index contributed by atoms with van der Waals surface area (Å²) in [5, 5.41) is 3.25. The lowest BCUT2D eigenvalue weighted by molar-refractivity contribution is -0.124. The average Bonchev–Trinajstić information content (AvgIpc) is 3.10. The largest absolute Gasteiger partial charge is 0.469 e. The summed E-state index contributed by atoms with van der Waals surface area (Å²) in [5.41, 5.74) is 1.12. The fraction of sp³-hybridized carbons (Fsp3) is 0.421. The van der Waals surface area contributed by atoms with Crippen molar-refractivity contribution in [3.8, 4) is 0 Å². The molecule has 3 nitrogen and oxygen atoms in total. The highest BCUT2D eigenvalue weighted by atomic mass is 16.3. The Labute approximate surface area is 131 Å². The topological polar surface area (TPSA) is 42.2 Å². The number of amides is 1. The summed E-state index contributed by atoms with van der Waals surface area (Å²) in [6.45, 7) is 6.46. The maximum atomic E-state index is 12.6. The second-order valence-corrected chi connectivity index (χ2v) is 7.18. The number of hydrogen-bond donors (Lipinski definition) is 1. The molecule has 2 aromatic rings. The number of rotatable bonds is 4. The number of benzene rings is 1. The van der Waals surface area contributed by atoms with Crippen molar-refractivity contribution in [2.24, 2.45) is 11.3 Å². The van der Waals surface area contributed by atoms with Crippen LogP contribution in [0.3, 0.4) is 0 Å². The molecule has 3 unspecified atom stereocenters. The minimum atomic E-state index is -0.0356. The molecule has 3 atom stereocenters. The normalized spacial score (nSPS) is 22.1. The summed E-state index contributed by atoms with van der Waals surface area (Å²) < 4.78 is 5.41. The molecule has 0 radical (unpaired) electrons. The lowest BCUT2D eigenvalue weighted by Crippen LogP contribution is -2.37. The minimum absolute atomic E-state index is 0.0130. The van der Waals surface area contributed by atoms with E-state index in [9.17, 15) is 4.79 Å². The molecule has 0 spiro atoms. The Balaban J connectivity index is 1.71. The lowest BCUT2D eigenvalue weighted by atomic mass is 9.82. The SMILES string of the molecule is CC(C)(C)C(NC(=O)C1CC1c1ccco1)c1ccccc1. The summed E-state index contributed by atoms with van der Waals surface area (Å²) in [6.07, 6.45) is 2.55. The first-order chi connectivity index (χ1) is 10.5. The van der Waals surface area contributed by atoms with Gasteiger partial charge in [0.15, 0.2) is 0 Å². The van der Waals surface area contributed by atoms with Crippen LogP contribution in [0, 0.1) is 11.3 Å². The van der Waals surface area contributed by atoms with E-state index in [4.69, 9.17) is 4.42 Å². The number of carbonyl (C=O) groups excluding carboxylic acids is 1. The van der Waals surface area contributed by atoms with Gasteiger partial charge in [-0.1, -0.05) is 51.1 Å². The van der Waals surface area contributed by atoms with Gasteiger partial charge in [0.05, 0.1) is 12.3 Å². The number of furan rings is 1. The summed E-state index contributed by atoms with van der Waals surface area (Å²) in [4.78, 5) is 12.6. The maximum absolute atomic E-state index is 12.6. The molecule has 1 fully saturated rings. The van der Waals surface area contributed by atoms with Crippen molar-refractivity contribution >= 4 is 5.91 Å². The summed E-state index contributed by atoms with van der Waals surface area (Å²) in [6, 6.07) is 14.0. The Morgan fingerprint density at radius 3 is 2.50 bits per heavy atom. The van der Waals surface area contributed by atoms with Crippen molar-refractivity contribution in [3.05, 3.63) is 60.1 Å². The first kappa shape index (κ1) is 14.9. The van der Waals surface area contributed by atoms with Crippen LogP contribution in [0.15, 0.2) is 53.1 Å². The van der Waals surface area contributed by atoms with Gasteiger partial charge < -0.3 is 9.73 Å². The van der Waals surface area contributed by atoms with Crippen LogP contribution in [-0.2, 0) is 4.79 Å². The quantitative estimate of drug-likeness (QED) is 0.915. The Bertz CT molecular complexity index is 625. The third kappa shape index (κ3) is 3.08. The van der Waals surface area contributed by atoms with E-state index in [2.05, 4.69) is 38.2 Å². The molecule has 3 heteroatoms. The lowest BCUT2D eigenvalue weighted by Gasteiger charge is -2.32. The highest BCUT2D eigenvalue weighted by molar-refractivity contribution is 5.83. The molecule has 3 rings (SSSR count). The molecule has 0 saturated heterocycles. The third-order valence-electron chi connectivity index (χ3n) is 4.32. The van der Waals surface area contributed by atoms with E-state index in [1.54, 1.807) is 6.26 Å². The fourth-order valence-corrected chi connectivity index (χ4v) is 3.00. The van der Waals surface area contributed by atoms with Gasteiger partial charge in [0, 0.05) is 11.8 Å². The Morgan fingerprint density at radius 1 is 1.18 bits per heavy atom. The predicted octanol–water partition coefficient (Wildman–Crippen LogP) is 4.29. The van der Waals surface area contributed by atoms with Gasteiger partial charge in [-0.2, -0.15) is 0 Å². The molecule has 1 aromatic carbocycles. The molecular formula is C19H23NO2. The van der Waals surface area contributed by atoms with Crippen molar-refractivity contribution in [2.45, 2.75) is 39.2 Å². The number of nitrogens with one attached hydrogen (secondary N) is 1. The molecule has 0 bridgehead atoms. The van der Waals surface area contributed by atoms with Crippen molar-refractivity contribution in [2.75, 3.05) is 0 Å². The molecular weight excluding hydrogens is 274 g/mol. The zero-order valence-corrected chi connectivity index (χ0v) is 13.4. The second kappa shape index (κ2) is 5.64. The van der Waals surface area contributed by atoms with Crippen molar-refractivity contribution in [1.82, 2.24) is 5.32 Å². The number of carbonyl (C=O) groups is 1. The molecule has 1 N–H and O–H groups in total. The van der Waals surface area contributed by atoms with Crippen LogP contribution in [0.25, 0.3) is 0 Å². The van der Waals surface area contributed by atoms with Gasteiger partial charge in [0.1, 0.15) is 5.76 Å². The molecule has 22 heavy (non-hydrogen) atoms. The van der Waals surface area contributed by atoms with Gasteiger partial charge in [-0.3, -0.25) is 4.79 Å². The van der Waals surface area contributed by atoms with E-state index in [1.807, 2.05) is 30.3 Å². The average molecular weight is 297 g/mol. The highest BCUT2D eigenvalue weighted by Gasteiger charge is 2.46. The van der Waals surface area contributed by atoms with Gasteiger partial charge in [-0.05, 0) is 29.5 Å². The molecule has 1 aliphatic carbocycles. The Morgan fingerprint density at radius 2 is 1.91 bits per heavy atom. The summed E-state index contributed by atoms with van der Waals surface area (Å²) in [7, 11) is 0. The van der Waals surface area contributed by atoms with Crippen LogP contribution in [0.2, 0.25) is 0 Å². The molecule has 1 aromatic heterocycles. The van der Waals surface area contributed by atoms with Gasteiger partial charge in [-0.15, -0.1) is 0 Å². The zero-order chi connectivity index (χ0) is 15.7. The fourth-order valence-electron chi connectivity index (χ4n) is 3.00. The molecule has 1 aliphatic rings. The molecule has 1 saturated carbocycles. The maximum Gasteiger partial charge on any atom is 0.224 e. The molecule has 116 valence electrons. The molecule has 0 aliphatic heterocycles. The highest BCUT2D eigenvalue weighted by Crippen LogP contribution is 2.48. The van der Waals surface area contributed by atoms with Crippen molar-refractivity contribution < 1.29 is 9.21 Å². The van der Waals surface area contributed by atoms with Gasteiger partial charge in [-0.25, -0.2) is 0 Å². The van der Waals surface area contributed by atoms with Crippen molar-refractivity contribution in [3.63, 3.8) is 0 Å². The molecule has 1 amide bonds. The van der Waals surface area contributed by atoms with Crippen LogP contribution < -0.4 is 5.32 Å². The third-order valence-corrected chi connectivity index (χ3v) is 4.32. The van der Waals surface area contributed by atoms with E-state index >= 15 is 0 Å². The van der Waals surface area contributed by atoms with E-state index in [0.717, 1.165) is 17.7 Å². The first-order valence-electron chi connectivity index (χ1n) is 7.85. The van der Waals surface area contributed by atoms with Crippen LogP contribution in [0.4, 0.5) is 0 Å².